The van der Waals surface area contributed by atoms with Crippen LogP contribution in [0.15, 0.2) is 46.9 Å². The van der Waals surface area contributed by atoms with Crippen molar-refractivity contribution < 1.29 is 14.3 Å². The van der Waals surface area contributed by atoms with Gasteiger partial charge in [0.25, 0.3) is 5.91 Å². The molecule has 1 atom stereocenters. The molecule has 0 heterocycles. The molecule has 5 nitrogen and oxygen atoms in total. The predicted octanol–water partition coefficient (Wildman–Crippen LogP) is 5.27. The first kappa shape index (κ1) is 23.6. The average molecular weight is 508 g/mol. The van der Waals surface area contributed by atoms with Gasteiger partial charge in [0.1, 0.15) is 11.8 Å². The van der Waals surface area contributed by atoms with Gasteiger partial charge in [-0.05, 0) is 66.4 Å². The third-order valence-corrected chi connectivity index (χ3v) is 6.44. The lowest BCUT2D eigenvalue weighted by molar-refractivity contribution is -0.142. The Morgan fingerprint density at radius 2 is 1.87 bits per heavy atom. The van der Waals surface area contributed by atoms with Crippen LogP contribution in [-0.4, -0.2) is 35.4 Å². The van der Waals surface area contributed by atoms with E-state index in [4.69, 9.17) is 16.3 Å². The van der Waals surface area contributed by atoms with Crippen molar-refractivity contribution in [2.75, 3.05) is 6.61 Å². The van der Waals surface area contributed by atoms with Gasteiger partial charge in [0.15, 0.2) is 6.61 Å². The zero-order valence-corrected chi connectivity index (χ0v) is 20.2. The van der Waals surface area contributed by atoms with E-state index in [0.29, 0.717) is 21.8 Å². The predicted molar refractivity (Wildman–Crippen MR) is 126 cm³/mol. The van der Waals surface area contributed by atoms with E-state index in [-0.39, 0.29) is 24.5 Å². The van der Waals surface area contributed by atoms with Gasteiger partial charge in [-0.25, -0.2) is 0 Å². The molecular formula is C24H28BrClN2O3. The smallest absolute Gasteiger partial charge is 0.261 e. The van der Waals surface area contributed by atoms with E-state index in [0.717, 1.165) is 36.8 Å². The van der Waals surface area contributed by atoms with Crippen molar-refractivity contribution in [1.82, 2.24) is 10.2 Å². The van der Waals surface area contributed by atoms with Crippen LogP contribution in [0.1, 0.15) is 43.7 Å². The van der Waals surface area contributed by atoms with Crippen molar-refractivity contribution in [3.63, 3.8) is 0 Å². The van der Waals surface area contributed by atoms with Crippen LogP contribution in [0.4, 0.5) is 0 Å². The van der Waals surface area contributed by atoms with Gasteiger partial charge in [0, 0.05) is 17.6 Å². The highest BCUT2D eigenvalue weighted by Crippen LogP contribution is 2.28. The standard InChI is InChI=1S/C24H28BrClN2O3/c1-16-7-9-18(10-8-16)14-28(17(2)24(30)27-20-5-3-4-6-20)23(29)15-31-22-12-11-19(26)13-21(22)25/h7-13,17,20H,3-6,14-15H2,1-2H3,(H,27,30)/t17-/m1/s1. The van der Waals surface area contributed by atoms with Crippen LogP contribution in [0, 0.1) is 6.92 Å². The highest BCUT2D eigenvalue weighted by Gasteiger charge is 2.28. The fraction of sp³-hybridized carbons (Fsp3) is 0.417. The number of hydrogen-bond donors (Lipinski definition) is 1. The van der Waals surface area contributed by atoms with E-state index >= 15 is 0 Å². The first-order valence-corrected chi connectivity index (χ1v) is 11.7. The monoisotopic (exact) mass is 506 g/mol. The van der Waals surface area contributed by atoms with Gasteiger partial charge >= 0.3 is 0 Å². The topological polar surface area (TPSA) is 58.6 Å². The maximum absolute atomic E-state index is 13.1. The Balaban J connectivity index is 1.72. The molecule has 1 fully saturated rings. The van der Waals surface area contributed by atoms with Crippen molar-refractivity contribution in [3.05, 3.63) is 63.1 Å². The second-order valence-corrected chi connectivity index (χ2v) is 9.33. The number of carbonyl (C=O) groups excluding carboxylic acids is 2. The van der Waals surface area contributed by atoms with Gasteiger partial charge in [0.2, 0.25) is 5.91 Å². The molecule has 1 saturated carbocycles. The number of halogens is 2. The highest BCUT2D eigenvalue weighted by molar-refractivity contribution is 9.10. The first-order valence-electron chi connectivity index (χ1n) is 10.6. The molecule has 2 amide bonds. The minimum Gasteiger partial charge on any atom is -0.483 e. The number of carbonyl (C=O) groups is 2. The summed E-state index contributed by atoms with van der Waals surface area (Å²) in [7, 11) is 0. The number of ether oxygens (including phenoxy) is 1. The maximum Gasteiger partial charge on any atom is 0.261 e. The number of nitrogens with one attached hydrogen (secondary N) is 1. The summed E-state index contributed by atoms with van der Waals surface area (Å²) >= 11 is 9.37. The lowest BCUT2D eigenvalue weighted by Gasteiger charge is -2.29. The Labute approximate surface area is 197 Å². The quantitative estimate of drug-likeness (QED) is 0.530. The van der Waals surface area contributed by atoms with E-state index in [1.165, 1.54) is 0 Å². The molecule has 2 aromatic rings. The van der Waals surface area contributed by atoms with Crippen molar-refractivity contribution in [2.24, 2.45) is 0 Å². The second-order valence-electron chi connectivity index (χ2n) is 8.04. The molecule has 0 spiro atoms. The lowest BCUT2D eigenvalue weighted by atomic mass is 10.1. The zero-order chi connectivity index (χ0) is 22.4. The summed E-state index contributed by atoms with van der Waals surface area (Å²) in [4.78, 5) is 27.6. The van der Waals surface area contributed by atoms with Crippen LogP contribution in [0.3, 0.4) is 0 Å². The van der Waals surface area contributed by atoms with Crippen LogP contribution in [0.5, 0.6) is 5.75 Å². The Kier molecular flexibility index (Phi) is 8.38. The number of nitrogens with zero attached hydrogens (tertiary/aromatic N) is 1. The molecule has 0 radical (unpaired) electrons. The minimum atomic E-state index is -0.605. The van der Waals surface area contributed by atoms with Gasteiger partial charge < -0.3 is 15.0 Å². The molecule has 0 saturated heterocycles. The van der Waals surface area contributed by atoms with Crippen LogP contribution in [0.2, 0.25) is 5.02 Å². The average Bonchev–Trinajstić information content (AvgIpc) is 3.25. The second kappa shape index (κ2) is 11.0. The van der Waals surface area contributed by atoms with Gasteiger partial charge in [-0.1, -0.05) is 54.3 Å². The zero-order valence-electron chi connectivity index (χ0n) is 17.9. The number of hydrogen-bond acceptors (Lipinski definition) is 3. The Morgan fingerprint density at radius 3 is 2.52 bits per heavy atom. The summed E-state index contributed by atoms with van der Waals surface area (Å²) in [5, 5.41) is 3.68. The fourth-order valence-corrected chi connectivity index (χ4v) is 4.48. The van der Waals surface area contributed by atoms with E-state index in [9.17, 15) is 9.59 Å². The first-order chi connectivity index (χ1) is 14.8. The molecule has 0 aliphatic heterocycles. The molecule has 166 valence electrons. The SMILES string of the molecule is Cc1ccc(CN(C(=O)COc2ccc(Cl)cc2Br)[C@H](C)C(=O)NC2CCCC2)cc1. The number of aryl methyl sites for hydroxylation is 1. The van der Waals surface area contributed by atoms with Crippen molar-refractivity contribution >= 4 is 39.3 Å². The van der Waals surface area contributed by atoms with Gasteiger partial charge in [-0.2, -0.15) is 0 Å². The molecule has 0 aromatic heterocycles. The summed E-state index contributed by atoms with van der Waals surface area (Å²) in [6.45, 7) is 3.95. The third kappa shape index (κ3) is 6.71. The molecule has 0 bridgehead atoms. The Morgan fingerprint density at radius 1 is 1.19 bits per heavy atom. The van der Waals surface area contributed by atoms with Crippen LogP contribution < -0.4 is 10.1 Å². The number of rotatable bonds is 8. The van der Waals surface area contributed by atoms with E-state index < -0.39 is 6.04 Å². The molecule has 0 unspecified atom stereocenters. The number of benzene rings is 2. The van der Waals surface area contributed by atoms with E-state index in [1.54, 1.807) is 30.0 Å². The van der Waals surface area contributed by atoms with Crippen LogP contribution in [0.25, 0.3) is 0 Å². The van der Waals surface area contributed by atoms with Crippen LogP contribution >= 0.6 is 27.5 Å². The molecule has 1 N–H and O–H groups in total. The molecule has 1 aliphatic carbocycles. The van der Waals surface area contributed by atoms with Crippen molar-refractivity contribution in [3.8, 4) is 5.75 Å². The molecule has 3 rings (SSSR count). The molecule has 2 aromatic carbocycles. The summed E-state index contributed by atoms with van der Waals surface area (Å²) < 4.78 is 6.40. The van der Waals surface area contributed by atoms with E-state index in [2.05, 4.69) is 21.2 Å². The van der Waals surface area contributed by atoms with Gasteiger partial charge in [-0.3, -0.25) is 9.59 Å². The van der Waals surface area contributed by atoms with Crippen molar-refractivity contribution in [1.29, 1.82) is 0 Å². The highest BCUT2D eigenvalue weighted by atomic mass is 79.9. The normalized spacial score (nSPS) is 14.8. The fourth-order valence-electron chi connectivity index (χ4n) is 3.68. The number of amides is 2. The molecular weight excluding hydrogens is 480 g/mol. The van der Waals surface area contributed by atoms with Gasteiger partial charge in [-0.15, -0.1) is 0 Å². The largest absolute Gasteiger partial charge is 0.483 e. The summed E-state index contributed by atoms with van der Waals surface area (Å²) in [6.07, 6.45) is 4.26. The van der Waals surface area contributed by atoms with Gasteiger partial charge in [0.05, 0.1) is 4.47 Å². The summed E-state index contributed by atoms with van der Waals surface area (Å²) in [5.74, 6) is 0.146. The summed E-state index contributed by atoms with van der Waals surface area (Å²) in [6, 6.07) is 12.7. The molecule has 7 heteroatoms. The lowest BCUT2D eigenvalue weighted by Crippen LogP contribution is -2.50. The minimum absolute atomic E-state index is 0.125. The van der Waals surface area contributed by atoms with E-state index in [1.807, 2.05) is 31.2 Å². The maximum atomic E-state index is 13.1. The summed E-state index contributed by atoms with van der Waals surface area (Å²) in [5.41, 5.74) is 2.11. The molecule has 1 aliphatic rings. The molecule has 31 heavy (non-hydrogen) atoms. The van der Waals surface area contributed by atoms with Crippen LogP contribution in [-0.2, 0) is 16.1 Å². The Bertz CT molecular complexity index is 914. The Hall–Kier alpha value is -2.05. The van der Waals surface area contributed by atoms with Crippen molar-refractivity contribution in [2.45, 2.75) is 58.2 Å². The third-order valence-electron chi connectivity index (χ3n) is 5.59.